The predicted molar refractivity (Wildman–Crippen MR) is 75.0 cm³/mol. The van der Waals surface area contributed by atoms with E-state index in [9.17, 15) is 14.4 Å². The third kappa shape index (κ3) is 4.78. The van der Waals surface area contributed by atoms with E-state index < -0.39 is 11.9 Å². The van der Waals surface area contributed by atoms with Gasteiger partial charge in [0, 0.05) is 24.7 Å². The van der Waals surface area contributed by atoms with Gasteiger partial charge < -0.3 is 10.2 Å². The number of rotatable bonds is 4. The van der Waals surface area contributed by atoms with Crippen molar-refractivity contribution in [2.45, 2.75) is 13.3 Å². The van der Waals surface area contributed by atoms with Crippen LogP contribution in [0.25, 0.3) is 0 Å². The topological polar surface area (TPSA) is 91.7 Å². The van der Waals surface area contributed by atoms with Crippen LogP contribution in [0.2, 0.25) is 0 Å². The van der Waals surface area contributed by atoms with Crippen LogP contribution < -0.4 is 0 Å². The molecule has 0 bridgehead atoms. The first-order chi connectivity index (χ1) is 9.41. The van der Waals surface area contributed by atoms with Crippen molar-refractivity contribution in [3.63, 3.8) is 0 Å². The summed E-state index contributed by atoms with van der Waals surface area (Å²) in [6, 6.07) is 3.68. The third-order valence-electron chi connectivity index (χ3n) is 2.25. The molecular weight excluding hydrogens is 280 g/mol. The van der Waals surface area contributed by atoms with Crippen LogP contribution in [0.3, 0.4) is 0 Å². The second-order valence-electron chi connectivity index (χ2n) is 3.76. The highest BCUT2D eigenvalue weighted by molar-refractivity contribution is 8.13. The number of hydrogen-bond acceptors (Lipinski definition) is 4. The van der Waals surface area contributed by atoms with Gasteiger partial charge in [0.15, 0.2) is 5.12 Å². The highest BCUT2D eigenvalue weighted by Crippen LogP contribution is 2.12. The lowest BCUT2D eigenvalue weighted by Crippen LogP contribution is -2.03. The van der Waals surface area contributed by atoms with Gasteiger partial charge in [-0.3, -0.25) is 4.79 Å². The van der Waals surface area contributed by atoms with E-state index in [4.69, 9.17) is 10.2 Å². The summed E-state index contributed by atoms with van der Waals surface area (Å²) in [5.74, 6) is 3.60. The van der Waals surface area contributed by atoms with Gasteiger partial charge in [-0.15, -0.1) is 0 Å². The highest BCUT2D eigenvalue weighted by atomic mass is 32.2. The van der Waals surface area contributed by atoms with E-state index in [2.05, 4.69) is 11.8 Å². The van der Waals surface area contributed by atoms with Crippen molar-refractivity contribution in [2.75, 3.05) is 5.75 Å². The summed E-state index contributed by atoms with van der Waals surface area (Å²) >= 11 is 1.13. The van der Waals surface area contributed by atoms with E-state index >= 15 is 0 Å². The lowest BCUT2D eigenvalue weighted by molar-refractivity contribution is -0.109. The molecule has 2 N–H and O–H groups in total. The summed E-state index contributed by atoms with van der Waals surface area (Å²) in [5, 5.41) is 17.9. The molecule has 0 spiro atoms. The predicted octanol–water partition coefficient (Wildman–Crippen LogP) is 2.10. The van der Waals surface area contributed by atoms with Gasteiger partial charge in [0.2, 0.25) is 0 Å². The van der Waals surface area contributed by atoms with E-state index in [-0.39, 0.29) is 21.8 Å². The minimum Gasteiger partial charge on any atom is -0.478 e. The quantitative estimate of drug-likeness (QED) is 0.652. The number of carbonyl (C=O) groups is 3. The summed E-state index contributed by atoms with van der Waals surface area (Å²) in [6.07, 6.45) is 0.417. The number of hydrogen-bond donors (Lipinski definition) is 2. The molecule has 1 aromatic carbocycles. The average molecular weight is 292 g/mol. The Morgan fingerprint density at radius 1 is 1.20 bits per heavy atom. The minimum atomic E-state index is -1.16. The van der Waals surface area contributed by atoms with Gasteiger partial charge in [-0.1, -0.05) is 23.6 Å². The van der Waals surface area contributed by atoms with Crippen LogP contribution in [0.4, 0.5) is 0 Å². The first kappa shape index (κ1) is 15.8. The standard InChI is InChI=1S/C14H12O5S/c1-9(15)20-7-3-2-4-10-8-11(13(16)17)5-6-12(10)14(18)19/h5-6,8H,3,7H2,1H3,(H,16,17)(H,18,19). The number of carbonyl (C=O) groups excluding carboxylic acids is 1. The summed E-state index contributed by atoms with van der Waals surface area (Å²) in [5.41, 5.74) is 0.101. The molecule has 20 heavy (non-hydrogen) atoms. The molecule has 0 aromatic heterocycles. The molecule has 104 valence electrons. The highest BCUT2D eigenvalue weighted by Gasteiger charge is 2.11. The molecule has 0 aliphatic heterocycles. The van der Waals surface area contributed by atoms with Gasteiger partial charge in [-0.05, 0) is 18.2 Å². The van der Waals surface area contributed by atoms with Gasteiger partial charge in [-0.2, -0.15) is 0 Å². The van der Waals surface area contributed by atoms with Crippen molar-refractivity contribution in [1.29, 1.82) is 0 Å². The molecule has 0 radical (unpaired) electrons. The first-order valence-corrected chi connectivity index (χ1v) is 6.63. The lowest BCUT2D eigenvalue weighted by Gasteiger charge is -2.01. The van der Waals surface area contributed by atoms with Crippen molar-refractivity contribution in [3.8, 4) is 11.8 Å². The summed E-state index contributed by atoms with van der Waals surface area (Å²) in [7, 11) is 0. The number of aromatic carboxylic acids is 2. The average Bonchev–Trinajstić information content (AvgIpc) is 2.37. The minimum absolute atomic E-state index is 0.00843. The zero-order chi connectivity index (χ0) is 15.1. The SMILES string of the molecule is CC(=O)SCCC#Cc1cc(C(=O)O)ccc1C(=O)O. The van der Waals surface area contributed by atoms with Gasteiger partial charge in [0.05, 0.1) is 11.1 Å². The molecule has 0 heterocycles. The summed E-state index contributed by atoms with van der Waals surface area (Å²) in [4.78, 5) is 32.6. The monoisotopic (exact) mass is 292 g/mol. The van der Waals surface area contributed by atoms with Crippen LogP contribution in [-0.2, 0) is 4.79 Å². The van der Waals surface area contributed by atoms with Crippen molar-refractivity contribution in [1.82, 2.24) is 0 Å². The van der Waals surface area contributed by atoms with E-state index in [0.29, 0.717) is 12.2 Å². The van der Waals surface area contributed by atoms with Gasteiger partial charge in [0.25, 0.3) is 0 Å². The Morgan fingerprint density at radius 2 is 1.90 bits per heavy atom. The summed E-state index contributed by atoms with van der Waals surface area (Å²) in [6.45, 7) is 1.46. The molecule has 0 aliphatic rings. The number of carboxylic acid groups (broad SMARTS) is 2. The molecule has 6 heteroatoms. The summed E-state index contributed by atoms with van der Waals surface area (Å²) < 4.78 is 0. The molecule has 5 nitrogen and oxygen atoms in total. The Bertz CT molecular complexity index is 610. The maximum absolute atomic E-state index is 11.0. The Morgan fingerprint density at radius 3 is 2.45 bits per heavy atom. The Hall–Kier alpha value is -2.26. The van der Waals surface area contributed by atoms with Crippen molar-refractivity contribution in [3.05, 3.63) is 34.9 Å². The molecule has 0 amide bonds. The van der Waals surface area contributed by atoms with Gasteiger partial charge >= 0.3 is 11.9 Å². The second kappa shape index (κ2) is 7.36. The van der Waals surface area contributed by atoms with Crippen molar-refractivity contribution in [2.24, 2.45) is 0 Å². The van der Waals surface area contributed by atoms with E-state index in [1.54, 1.807) is 0 Å². The Labute approximate surface area is 120 Å². The number of benzene rings is 1. The van der Waals surface area contributed by atoms with Crippen LogP contribution >= 0.6 is 11.8 Å². The van der Waals surface area contributed by atoms with Crippen molar-refractivity contribution >= 4 is 28.8 Å². The number of thioether (sulfide) groups is 1. The lowest BCUT2D eigenvalue weighted by atomic mass is 10.0. The molecule has 0 aliphatic carbocycles. The maximum atomic E-state index is 11.0. The fourth-order valence-electron chi connectivity index (χ4n) is 1.37. The molecule has 0 saturated heterocycles. The smallest absolute Gasteiger partial charge is 0.336 e. The zero-order valence-corrected chi connectivity index (χ0v) is 11.5. The Balaban J connectivity index is 2.93. The van der Waals surface area contributed by atoms with Crippen LogP contribution in [0, 0.1) is 11.8 Å². The van der Waals surface area contributed by atoms with Crippen LogP contribution in [0.15, 0.2) is 18.2 Å². The fourth-order valence-corrected chi connectivity index (χ4v) is 1.86. The molecule has 0 atom stereocenters. The second-order valence-corrected chi connectivity index (χ2v) is 5.03. The maximum Gasteiger partial charge on any atom is 0.336 e. The van der Waals surface area contributed by atoms with E-state index in [1.807, 2.05) is 0 Å². The molecule has 1 aromatic rings. The molecule has 0 saturated carbocycles. The first-order valence-electron chi connectivity index (χ1n) is 5.64. The van der Waals surface area contributed by atoms with Crippen LogP contribution in [0.5, 0.6) is 0 Å². The Kier molecular flexibility index (Phi) is 5.81. The molecule has 0 unspecified atom stereocenters. The largest absolute Gasteiger partial charge is 0.478 e. The van der Waals surface area contributed by atoms with E-state index in [1.165, 1.54) is 25.1 Å². The van der Waals surface area contributed by atoms with Crippen LogP contribution in [0.1, 0.15) is 39.6 Å². The fraction of sp³-hybridized carbons (Fsp3) is 0.214. The van der Waals surface area contributed by atoms with Crippen molar-refractivity contribution < 1.29 is 24.6 Å². The van der Waals surface area contributed by atoms with E-state index in [0.717, 1.165) is 11.8 Å². The van der Waals surface area contributed by atoms with Crippen LogP contribution in [-0.4, -0.2) is 33.0 Å². The molecule has 0 fully saturated rings. The zero-order valence-electron chi connectivity index (χ0n) is 10.7. The normalized spacial score (nSPS) is 9.45. The molecular formula is C14H12O5S. The number of carboxylic acids is 2. The van der Waals surface area contributed by atoms with Gasteiger partial charge in [-0.25, -0.2) is 9.59 Å². The van der Waals surface area contributed by atoms with Gasteiger partial charge in [0.1, 0.15) is 0 Å². The third-order valence-corrected chi connectivity index (χ3v) is 3.07. The molecule has 1 rings (SSSR count).